The Hall–Kier alpha value is -3.39. The van der Waals surface area contributed by atoms with Crippen LogP contribution in [0.25, 0.3) is 5.57 Å². The van der Waals surface area contributed by atoms with Crippen LogP contribution in [0.3, 0.4) is 0 Å². The molecule has 0 aliphatic rings. The molecule has 2 aromatic rings. The third-order valence-electron chi connectivity index (χ3n) is 3.27. The van der Waals surface area contributed by atoms with Gasteiger partial charge in [-0.05, 0) is 18.2 Å². The first-order valence-corrected chi connectivity index (χ1v) is 7.55. The van der Waals surface area contributed by atoms with Crippen molar-refractivity contribution < 1.29 is 19.0 Å². The van der Waals surface area contributed by atoms with E-state index < -0.39 is 5.97 Å². The highest BCUT2D eigenvalue weighted by Crippen LogP contribution is 2.31. The van der Waals surface area contributed by atoms with Crippen LogP contribution in [0.1, 0.15) is 5.56 Å². The fourth-order valence-electron chi connectivity index (χ4n) is 2.18. The summed E-state index contributed by atoms with van der Waals surface area (Å²) in [5.74, 6) is 3.12. The maximum atomic E-state index is 12.0. The number of methoxy groups -OCH3 is 2. The third kappa shape index (κ3) is 4.79. The first-order valence-electron chi connectivity index (χ1n) is 7.55. The summed E-state index contributed by atoms with van der Waals surface area (Å²) in [5, 5.41) is 3.08. The van der Waals surface area contributed by atoms with E-state index in [9.17, 15) is 4.79 Å². The minimum Gasteiger partial charge on any atom is -0.503 e. The van der Waals surface area contributed by atoms with Gasteiger partial charge in [-0.2, -0.15) is 0 Å². The SMILES string of the molecule is C#CCNc1cccc(Oc2ccccc2/C(=C/OC)C(=O)OC)c1. The fourth-order valence-corrected chi connectivity index (χ4v) is 2.18. The summed E-state index contributed by atoms with van der Waals surface area (Å²) in [7, 11) is 2.78. The highest BCUT2D eigenvalue weighted by Gasteiger charge is 2.18. The van der Waals surface area contributed by atoms with Gasteiger partial charge < -0.3 is 19.5 Å². The maximum absolute atomic E-state index is 12.0. The Morgan fingerprint density at radius 2 is 2.00 bits per heavy atom. The second-order valence-electron chi connectivity index (χ2n) is 4.94. The van der Waals surface area contributed by atoms with Crippen molar-refractivity contribution in [3.05, 3.63) is 60.4 Å². The summed E-state index contributed by atoms with van der Waals surface area (Å²) in [6, 6.07) is 14.5. The van der Waals surface area contributed by atoms with Crippen molar-refractivity contribution >= 4 is 17.2 Å². The van der Waals surface area contributed by atoms with Crippen LogP contribution in [0, 0.1) is 12.3 Å². The zero-order valence-corrected chi connectivity index (χ0v) is 14.1. The predicted octanol–water partition coefficient (Wildman–Crippen LogP) is 3.68. The molecule has 0 amide bonds. The second-order valence-corrected chi connectivity index (χ2v) is 4.94. The Morgan fingerprint density at radius 3 is 2.72 bits per heavy atom. The van der Waals surface area contributed by atoms with Crippen LogP contribution in [0.15, 0.2) is 54.8 Å². The van der Waals surface area contributed by atoms with Crippen molar-refractivity contribution in [1.29, 1.82) is 0 Å². The largest absolute Gasteiger partial charge is 0.503 e. The molecule has 0 bridgehead atoms. The Morgan fingerprint density at radius 1 is 1.20 bits per heavy atom. The van der Waals surface area contributed by atoms with Crippen molar-refractivity contribution in [2.24, 2.45) is 0 Å². The van der Waals surface area contributed by atoms with E-state index >= 15 is 0 Å². The summed E-state index contributed by atoms with van der Waals surface area (Å²) < 4.78 is 15.8. The van der Waals surface area contributed by atoms with Crippen LogP contribution in [0.2, 0.25) is 0 Å². The lowest BCUT2D eigenvalue weighted by atomic mass is 10.1. The maximum Gasteiger partial charge on any atom is 0.341 e. The number of para-hydroxylation sites is 1. The second kappa shape index (κ2) is 9.04. The fraction of sp³-hybridized carbons (Fsp3) is 0.150. The van der Waals surface area contributed by atoms with Gasteiger partial charge in [-0.25, -0.2) is 4.79 Å². The van der Waals surface area contributed by atoms with Crippen LogP contribution in [-0.4, -0.2) is 26.7 Å². The number of hydrogen-bond donors (Lipinski definition) is 1. The van der Waals surface area contributed by atoms with Gasteiger partial charge in [0.05, 0.1) is 27.0 Å². The molecule has 0 spiro atoms. The van der Waals surface area contributed by atoms with E-state index in [1.54, 1.807) is 18.2 Å². The van der Waals surface area contributed by atoms with Crippen LogP contribution in [0.4, 0.5) is 5.69 Å². The molecular formula is C20H19NO4. The summed E-state index contributed by atoms with van der Waals surface area (Å²) in [6.07, 6.45) is 6.59. The van der Waals surface area contributed by atoms with Gasteiger partial charge in [0, 0.05) is 17.3 Å². The average Bonchev–Trinajstić information content (AvgIpc) is 2.65. The Balaban J connectivity index is 2.34. The first-order chi connectivity index (χ1) is 12.2. The van der Waals surface area contributed by atoms with Crippen molar-refractivity contribution in [2.45, 2.75) is 0 Å². The van der Waals surface area contributed by atoms with E-state index in [1.165, 1.54) is 20.5 Å². The number of anilines is 1. The Bertz CT molecular complexity index is 805. The average molecular weight is 337 g/mol. The molecule has 5 nitrogen and oxygen atoms in total. The number of rotatable bonds is 7. The van der Waals surface area contributed by atoms with E-state index in [2.05, 4.69) is 11.2 Å². The van der Waals surface area contributed by atoms with E-state index in [1.807, 2.05) is 30.3 Å². The molecule has 128 valence electrons. The molecule has 5 heteroatoms. The molecule has 0 aliphatic heterocycles. The van der Waals surface area contributed by atoms with Crippen molar-refractivity contribution in [2.75, 3.05) is 26.1 Å². The lowest BCUT2D eigenvalue weighted by molar-refractivity contribution is -0.133. The van der Waals surface area contributed by atoms with Crippen LogP contribution in [0.5, 0.6) is 11.5 Å². The first kappa shape index (κ1) is 18.0. The Labute approximate surface area is 147 Å². The van der Waals surface area contributed by atoms with Gasteiger partial charge in [-0.15, -0.1) is 6.42 Å². The highest BCUT2D eigenvalue weighted by molar-refractivity contribution is 6.17. The molecule has 0 fully saturated rings. The number of esters is 1. The van der Waals surface area contributed by atoms with Gasteiger partial charge in [0.15, 0.2) is 0 Å². The molecule has 0 atom stereocenters. The molecule has 0 saturated carbocycles. The molecule has 0 aromatic heterocycles. The van der Waals surface area contributed by atoms with Gasteiger partial charge in [0.25, 0.3) is 0 Å². The standard InChI is InChI=1S/C20H19NO4/c1-4-12-21-15-8-7-9-16(13-15)25-19-11-6-5-10-17(19)18(14-23-2)20(22)24-3/h1,5-11,13-14,21H,12H2,2-3H3/b18-14-. The quantitative estimate of drug-likeness (QED) is 0.361. The Kier molecular flexibility index (Phi) is 6.49. The molecule has 0 saturated heterocycles. The lowest BCUT2D eigenvalue weighted by Crippen LogP contribution is -2.05. The van der Waals surface area contributed by atoms with Crippen LogP contribution in [-0.2, 0) is 14.3 Å². The normalized spacial score (nSPS) is 10.5. The monoisotopic (exact) mass is 337 g/mol. The minimum absolute atomic E-state index is 0.266. The van der Waals surface area contributed by atoms with Gasteiger partial charge in [0.1, 0.15) is 17.1 Å². The topological polar surface area (TPSA) is 56.8 Å². The van der Waals surface area contributed by atoms with E-state index in [0.29, 0.717) is 23.6 Å². The third-order valence-corrected chi connectivity index (χ3v) is 3.27. The molecule has 2 aromatic carbocycles. The molecule has 25 heavy (non-hydrogen) atoms. The summed E-state index contributed by atoms with van der Waals surface area (Å²) >= 11 is 0. The number of terminal acetylenes is 1. The highest BCUT2D eigenvalue weighted by atomic mass is 16.5. The van der Waals surface area contributed by atoms with Gasteiger partial charge in [-0.3, -0.25) is 0 Å². The number of benzene rings is 2. The van der Waals surface area contributed by atoms with Crippen molar-refractivity contribution in [1.82, 2.24) is 0 Å². The number of ether oxygens (including phenoxy) is 3. The van der Waals surface area contributed by atoms with Crippen molar-refractivity contribution in [3.8, 4) is 23.8 Å². The van der Waals surface area contributed by atoms with Gasteiger partial charge >= 0.3 is 5.97 Å². The predicted molar refractivity (Wildman–Crippen MR) is 97.3 cm³/mol. The number of carbonyl (C=O) groups excluding carboxylic acids is 1. The zero-order valence-electron chi connectivity index (χ0n) is 14.1. The molecule has 2 rings (SSSR count). The number of carbonyl (C=O) groups is 1. The molecule has 1 N–H and O–H groups in total. The molecule has 0 heterocycles. The van der Waals surface area contributed by atoms with Crippen molar-refractivity contribution in [3.63, 3.8) is 0 Å². The summed E-state index contributed by atoms with van der Waals surface area (Å²) in [4.78, 5) is 12.0. The smallest absolute Gasteiger partial charge is 0.341 e. The number of hydrogen-bond acceptors (Lipinski definition) is 5. The zero-order chi connectivity index (χ0) is 18.1. The lowest BCUT2D eigenvalue weighted by Gasteiger charge is -2.13. The molecule has 0 aliphatic carbocycles. The van der Waals surface area contributed by atoms with E-state index in [4.69, 9.17) is 20.6 Å². The number of nitrogens with one attached hydrogen (secondary N) is 1. The van der Waals surface area contributed by atoms with Gasteiger partial charge in [0.2, 0.25) is 0 Å². The minimum atomic E-state index is -0.512. The summed E-state index contributed by atoms with van der Waals surface area (Å²) in [6.45, 7) is 0.420. The van der Waals surface area contributed by atoms with Crippen LogP contribution >= 0.6 is 0 Å². The molecule has 0 radical (unpaired) electrons. The van der Waals surface area contributed by atoms with Crippen LogP contribution < -0.4 is 10.1 Å². The summed E-state index contributed by atoms with van der Waals surface area (Å²) in [5.41, 5.74) is 1.67. The van der Waals surface area contributed by atoms with E-state index in [0.717, 1.165) is 5.69 Å². The van der Waals surface area contributed by atoms with Gasteiger partial charge in [-0.1, -0.05) is 30.2 Å². The molecule has 0 unspecified atom stereocenters. The van der Waals surface area contributed by atoms with E-state index in [-0.39, 0.29) is 5.57 Å². The molecular weight excluding hydrogens is 318 g/mol.